The molecule has 3 heterocycles. The highest BCUT2D eigenvalue weighted by Gasteiger charge is 2.31. The molecule has 1 saturated heterocycles. The van der Waals surface area contributed by atoms with Crippen LogP contribution in [0.3, 0.4) is 0 Å². The number of thiophene rings is 1. The molecule has 1 saturated carbocycles. The second-order valence-electron chi connectivity index (χ2n) is 8.69. The van der Waals surface area contributed by atoms with Gasteiger partial charge in [-0.25, -0.2) is 0 Å². The van der Waals surface area contributed by atoms with Crippen molar-refractivity contribution in [2.75, 3.05) is 26.2 Å². The molecule has 0 radical (unpaired) electrons. The Bertz CT molecular complexity index is 770. The monoisotopic (exact) mass is 444 g/mol. The van der Waals surface area contributed by atoms with E-state index in [9.17, 15) is 5.11 Å². The summed E-state index contributed by atoms with van der Waals surface area (Å²) in [5.41, 5.74) is 0. The first-order chi connectivity index (χ1) is 15.3. The second kappa shape index (κ2) is 11.7. The lowest BCUT2D eigenvalue weighted by Gasteiger charge is -2.41. The summed E-state index contributed by atoms with van der Waals surface area (Å²) in [6.07, 6.45) is 10.1. The van der Waals surface area contributed by atoms with E-state index in [0.717, 1.165) is 76.4 Å². The molecule has 170 valence electrons. The average molecular weight is 445 g/mol. The van der Waals surface area contributed by atoms with Gasteiger partial charge >= 0.3 is 0 Å². The molecular weight excluding hydrogens is 408 g/mol. The number of hydrogen-bond acceptors (Lipinski definition) is 5. The number of aliphatic hydroxyl groups excluding tert-OH is 1. The van der Waals surface area contributed by atoms with Gasteiger partial charge in [0, 0.05) is 56.0 Å². The fraction of sp³-hybridized carbons (Fsp3) is 0.625. The zero-order valence-electron chi connectivity index (χ0n) is 18.3. The first kappa shape index (κ1) is 22.4. The third-order valence-electron chi connectivity index (χ3n) is 6.49. The first-order valence-electron chi connectivity index (χ1n) is 11.8. The molecule has 2 aromatic heterocycles. The van der Waals surface area contributed by atoms with E-state index in [-0.39, 0.29) is 6.10 Å². The normalized spacial score (nSPS) is 23.7. The van der Waals surface area contributed by atoms with Gasteiger partial charge in [-0.2, -0.15) is 0 Å². The van der Waals surface area contributed by atoms with E-state index in [1.54, 1.807) is 17.6 Å². The number of nitrogens with zero attached hydrogens (tertiary/aromatic N) is 2. The lowest BCUT2D eigenvalue weighted by Crippen LogP contribution is -2.53. The van der Waals surface area contributed by atoms with Crippen molar-refractivity contribution in [1.82, 2.24) is 15.5 Å². The van der Waals surface area contributed by atoms with Crippen LogP contribution in [-0.4, -0.2) is 60.3 Å². The molecule has 0 spiro atoms. The zero-order chi connectivity index (χ0) is 21.3. The Labute approximate surface area is 189 Å². The minimum Gasteiger partial charge on any atom is -0.469 e. The number of aliphatic hydroxyl groups is 1. The third-order valence-corrected chi connectivity index (χ3v) is 7.42. The summed E-state index contributed by atoms with van der Waals surface area (Å²) < 4.78 is 5.45. The van der Waals surface area contributed by atoms with Gasteiger partial charge in [-0.05, 0) is 49.3 Å². The van der Waals surface area contributed by atoms with Crippen LogP contribution in [0.2, 0.25) is 0 Å². The first-order valence-corrected chi connectivity index (χ1v) is 12.7. The number of hydrogen-bond donors (Lipinski definition) is 3. The highest BCUT2D eigenvalue weighted by atomic mass is 32.1. The van der Waals surface area contributed by atoms with Gasteiger partial charge in [-0.15, -0.1) is 11.3 Å². The van der Waals surface area contributed by atoms with Crippen LogP contribution in [-0.2, 0) is 12.8 Å². The molecule has 31 heavy (non-hydrogen) atoms. The number of guanidine groups is 1. The fourth-order valence-electron chi connectivity index (χ4n) is 4.73. The molecule has 2 fully saturated rings. The molecule has 6 nitrogen and oxygen atoms in total. The number of likely N-dealkylation sites (tertiary alicyclic amines) is 1. The molecule has 0 bridgehead atoms. The number of piperidine rings is 1. The second-order valence-corrected chi connectivity index (χ2v) is 9.72. The Balaban J connectivity index is 1.27. The van der Waals surface area contributed by atoms with E-state index in [1.807, 2.05) is 12.1 Å². The van der Waals surface area contributed by atoms with Crippen molar-refractivity contribution in [1.29, 1.82) is 0 Å². The van der Waals surface area contributed by atoms with E-state index in [0.29, 0.717) is 12.1 Å². The summed E-state index contributed by atoms with van der Waals surface area (Å²) in [5.74, 6) is 1.89. The van der Waals surface area contributed by atoms with Gasteiger partial charge in [0.05, 0.1) is 12.4 Å². The fourth-order valence-corrected chi connectivity index (χ4v) is 5.43. The van der Waals surface area contributed by atoms with E-state index < -0.39 is 0 Å². The van der Waals surface area contributed by atoms with Crippen molar-refractivity contribution in [3.05, 3.63) is 46.5 Å². The smallest absolute Gasteiger partial charge is 0.191 e. The van der Waals surface area contributed by atoms with Gasteiger partial charge in [0.25, 0.3) is 0 Å². The number of nitrogens with one attached hydrogen (secondary N) is 2. The van der Waals surface area contributed by atoms with E-state index >= 15 is 0 Å². The molecule has 1 aliphatic heterocycles. The Morgan fingerprint density at radius 2 is 2.00 bits per heavy atom. The quantitative estimate of drug-likeness (QED) is 0.430. The van der Waals surface area contributed by atoms with Crippen molar-refractivity contribution in [3.8, 4) is 0 Å². The van der Waals surface area contributed by atoms with Gasteiger partial charge in [-0.3, -0.25) is 9.89 Å². The summed E-state index contributed by atoms with van der Waals surface area (Å²) in [5, 5.41) is 19.7. The van der Waals surface area contributed by atoms with Crippen LogP contribution in [0.4, 0.5) is 0 Å². The van der Waals surface area contributed by atoms with Gasteiger partial charge in [0.2, 0.25) is 0 Å². The van der Waals surface area contributed by atoms with Gasteiger partial charge in [-0.1, -0.05) is 18.9 Å². The third kappa shape index (κ3) is 6.82. The topological polar surface area (TPSA) is 73.0 Å². The Hall–Kier alpha value is -1.83. The van der Waals surface area contributed by atoms with Gasteiger partial charge in [0.15, 0.2) is 5.96 Å². The molecule has 7 heteroatoms. The highest BCUT2D eigenvalue weighted by Crippen LogP contribution is 2.25. The standard InChI is InChI=1S/C24H36N4O2S/c29-23-8-2-1-7-22(23)28-15-11-19(12-16-28)27-24(25-13-9-20-5-3-17-30-20)26-14-10-21-6-4-18-31-21/h3-6,17-19,22-23,29H,1-2,7-16H2,(H2,25,26,27). The van der Waals surface area contributed by atoms with E-state index in [4.69, 9.17) is 9.41 Å². The Kier molecular flexibility index (Phi) is 8.44. The van der Waals surface area contributed by atoms with Gasteiger partial charge < -0.3 is 20.2 Å². The number of rotatable bonds is 8. The largest absolute Gasteiger partial charge is 0.469 e. The molecule has 0 amide bonds. The van der Waals surface area contributed by atoms with E-state index in [1.165, 1.54) is 17.7 Å². The highest BCUT2D eigenvalue weighted by molar-refractivity contribution is 7.09. The molecule has 1 aliphatic carbocycles. The molecule has 3 N–H and O–H groups in total. The molecule has 2 aromatic rings. The van der Waals surface area contributed by atoms with Crippen molar-refractivity contribution >= 4 is 17.3 Å². The number of aliphatic imine (C=N–C) groups is 1. The van der Waals surface area contributed by atoms with Crippen molar-refractivity contribution in [2.24, 2.45) is 4.99 Å². The van der Waals surface area contributed by atoms with Crippen LogP contribution < -0.4 is 10.6 Å². The van der Waals surface area contributed by atoms with Crippen LogP contribution in [0.5, 0.6) is 0 Å². The molecule has 4 rings (SSSR count). The van der Waals surface area contributed by atoms with Crippen molar-refractivity contribution in [2.45, 2.75) is 69.6 Å². The SMILES string of the molecule is OC1CCCCC1N1CCC(NC(=NCCc2cccs2)NCCc2ccco2)CC1. The molecule has 2 aliphatic rings. The predicted octanol–water partition coefficient (Wildman–Crippen LogP) is 3.43. The van der Waals surface area contributed by atoms with Crippen molar-refractivity contribution in [3.63, 3.8) is 0 Å². The van der Waals surface area contributed by atoms with Crippen LogP contribution in [0.15, 0.2) is 45.3 Å². The van der Waals surface area contributed by atoms with E-state index in [2.05, 4.69) is 33.0 Å². The zero-order valence-corrected chi connectivity index (χ0v) is 19.2. The summed E-state index contributed by atoms with van der Waals surface area (Å²) in [7, 11) is 0. The van der Waals surface area contributed by atoms with Crippen LogP contribution in [0.25, 0.3) is 0 Å². The summed E-state index contributed by atoms with van der Waals surface area (Å²) in [6.45, 7) is 3.68. The molecular formula is C24H36N4O2S. The molecule has 0 aromatic carbocycles. The Morgan fingerprint density at radius 3 is 2.74 bits per heavy atom. The molecule has 2 unspecified atom stereocenters. The lowest BCUT2D eigenvalue weighted by molar-refractivity contribution is 0.00810. The minimum absolute atomic E-state index is 0.143. The molecule has 2 atom stereocenters. The summed E-state index contributed by atoms with van der Waals surface area (Å²) in [4.78, 5) is 8.74. The maximum absolute atomic E-state index is 10.4. The maximum atomic E-state index is 10.4. The lowest BCUT2D eigenvalue weighted by atomic mass is 9.89. The maximum Gasteiger partial charge on any atom is 0.191 e. The number of furan rings is 1. The summed E-state index contributed by atoms with van der Waals surface area (Å²) >= 11 is 1.79. The van der Waals surface area contributed by atoms with Crippen LogP contribution in [0.1, 0.15) is 49.2 Å². The summed E-state index contributed by atoms with van der Waals surface area (Å²) in [6, 6.07) is 9.00. The van der Waals surface area contributed by atoms with Crippen LogP contribution >= 0.6 is 11.3 Å². The predicted molar refractivity (Wildman–Crippen MR) is 127 cm³/mol. The van der Waals surface area contributed by atoms with Gasteiger partial charge in [0.1, 0.15) is 5.76 Å². The van der Waals surface area contributed by atoms with Crippen molar-refractivity contribution < 1.29 is 9.52 Å². The average Bonchev–Trinajstić information content (AvgIpc) is 3.49. The van der Waals surface area contributed by atoms with Crippen LogP contribution in [0, 0.1) is 0 Å². The minimum atomic E-state index is -0.143. The Morgan fingerprint density at radius 1 is 1.13 bits per heavy atom.